The van der Waals surface area contributed by atoms with Crippen LogP contribution in [0.5, 0.6) is 0 Å². The minimum Gasteiger partial charge on any atom is -0.462 e. The lowest BCUT2D eigenvalue weighted by molar-refractivity contribution is 0.0527. The van der Waals surface area contributed by atoms with Crippen molar-refractivity contribution in [2.24, 2.45) is 0 Å². The fraction of sp³-hybridized carbons (Fsp3) is 0.111. The van der Waals surface area contributed by atoms with Gasteiger partial charge in [-0.15, -0.1) is 0 Å². The summed E-state index contributed by atoms with van der Waals surface area (Å²) in [6, 6.07) is 15.0. The van der Waals surface area contributed by atoms with Gasteiger partial charge in [0.2, 0.25) is 0 Å². The van der Waals surface area contributed by atoms with Crippen LogP contribution in [0.3, 0.4) is 0 Å². The number of esters is 1. The van der Waals surface area contributed by atoms with Crippen molar-refractivity contribution < 1.29 is 9.53 Å². The Labute approximate surface area is 139 Å². The minimum atomic E-state index is -0.416. The number of rotatable bonds is 4. The molecule has 0 aliphatic rings. The van der Waals surface area contributed by atoms with Gasteiger partial charge in [-0.3, -0.25) is 4.98 Å². The summed E-state index contributed by atoms with van der Waals surface area (Å²) in [4.78, 5) is 16.6. The van der Waals surface area contributed by atoms with Crippen LogP contribution in [0, 0.1) is 0 Å². The van der Waals surface area contributed by atoms with Crippen LogP contribution in [0.15, 0.2) is 54.7 Å². The van der Waals surface area contributed by atoms with Gasteiger partial charge in [0.25, 0.3) is 0 Å². The van der Waals surface area contributed by atoms with E-state index >= 15 is 0 Å². The van der Waals surface area contributed by atoms with Gasteiger partial charge in [-0.2, -0.15) is 0 Å². The smallest absolute Gasteiger partial charge is 0.341 e. The highest BCUT2D eigenvalue weighted by Gasteiger charge is 2.17. The summed E-state index contributed by atoms with van der Waals surface area (Å²) >= 11 is 6.11. The third-order valence-corrected chi connectivity index (χ3v) is 3.60. The summed E-state index contributed by atoms with van der Waals surface area (Å²) in [5.41, 5.74) is 2.64. The molecule has 0 amide bonds. The first kappa shape index (κ1) is 15.3. The summed E-state index contributed by atoms with van der Waals surface area (Å²) in [6.07, 6.45) is 1.53. The van der Waals surface area contributed by atoms with E-state index in [9.17, 15) is 4.79 Å². The predicted octanol–water partition coefficient (Wildman–Crippen LogP) is 4.81. The van der Waals surface area contributed by atoms with Gasteiger partial charge in [0.05, 0.1) is 17.8 Å². The number of aromatic nitrogens is 1. The van der Waals surface area contributed by atoms with Crippen LogP contribution in [0.25, 0.3) is 10.9 Å². The van der Waals surface area contributed by atoms with Crippen LogP contribution < -0.4 is 5.32 Å². The molecular weight excluding hydrogens is 312 g/mol. The Bertz CT molecular complexity index is 850. The number of hydrogen-bond donors (Lipinski definition) is 1. The number of hydrogen-bond acceptors (Lipinski definition) is 4. The summed E-state index contributed by atoms with van der Waals surface area (Å²) in [6.45, 7) is 2.07. The standard InChI is InChI=1S/C18H15ClN2O2/c1-2-23-18(22)15-11-20-16-9-8-12(19)10-14(16)17(15)21-13-6-4-3-5-7-13/h3-11H,2H2,1H3,(H,20,21). The molecule has 5 heteroatoms. The molecule has 23 heavy (non-hydrogen) atoms. The Hall–Kier alpha value is -2.59. The number of halogens is 1. The van der Waals surface area contributed by atoms with Crippen molar-refractivity contribution in [3.63, 3.8) is 0 Å². The average Bonchev–Trinajstić information content (AvgIpc) is 2.56. The number of para-hydroxylation sites is 1. The highest BCUT2D eigenvalue weighted by molar-refractivity contribution is 6.31. The maximum atomic E-state index is 12.2. The van der Waals surface area contributed by atoms with Crippen LogP contribution in [0.4, 0.5) is 11.4 Å². The molecule has 0 unspecified atom stereocenters. The Morgan fingerprint density at radius 2 is 2.00 bits per heavy atom. The van der Waals surface area contributed by atoms with Gasteiger partial charge in [-0.05, 0) is 37.3 Å². The second kappa shape index (κ2) is 6.67. The van der Waals surface area contributed by atoms with Crippen molar-refractivity contribution in [3.05, 3.63) is 65.3 Å². The number of carbonyl (C=O) groups excluding carboxylic acids is 1. The van der Waals surface area contributed by atoms with E-state index in [1.54, 1.807) is 19.1 Å². The summed E-state index contributed by atoms with van der Waals surface area (Å²) in [5, 5.41) is 4.63. The second-order valence-electron chi connectivity index (χ2n) is 4.92. The third kappa shape index (κ3) is 3.27. The number of nitrogens with one attached hydrogen (secondary N) is 1. The molecule has 0 bridgehead atoms. The van der Waals surface area contributed by atoms with Crippen molar-refractivity contribution in [1.82, 2.24) is 4.98 Å². The summed E-state index contributed by atoms with van der Waals surface area (Å²) in [5.74, 6) is -0.416. The molecule has 0 saturated carbocycles. The Balaban J connectivity index is 2.18. The molecular formula is C18H15ClN2O2. The maximum Gasteiger partial charge on any atom is 0.341 e. The number of nitrogens with zero attached hydrogens (tertiary/aromatic N) is 1. The molecule has 1 heterocycles. The fourth-order valence-electron chi connectivity index (χ4n) is 2.33. The van der Waals surface area contributed by atoms with Crippen molar-refractivity contribution in [2.45, 2.75) is 6.92 Å². The molecule has 2 aromatic carbocycles. The highest BCUT2D eigenvalue weighted by Crippen LogP contribution is 2.31. The topological polar surface area (TPSA) is 51.2 Å². The Morgan fingerprint density at radius 3 is 2.74 bits per heavy atom. The maximum absolute atomic E-state index is 12.2. The number of ether oxygens (including phenoxy) is 1. The molecule has 1 N–H and O–H groups in total. The fourth-order valence-corrected chi connectivity index (χ4v) is 2.50. The molecule has 4 nitrogen and oxygen atoms in total. The van der Waals surface area contributed by atoms with E-state index in [0.717, 1.165) is 16.6 Å². The number of benzene rings is 2. The van der Waals surface area contributed by atoms with E-state index in [0.29, 0.717) is 22.9 Å². The molecule has 0 saturated heterocycles. The van der Waals surface area contributed by atoms with E-state index in [-0.39, 0.29) is 0 Å². The van der Waals surface area contributed by atoms with Crippen LogP contribution in [-0.4, -0.2) is 17.6 Å². The van der Waals surface area contributed by atoms with Crippen LogP contribution >= 0.6 is 11.6 Å². The second-order valence-corrected chi connectivity index (χ2v) is 5.36. The zero-order chi connectivity index (χ0) is 16.2. The largest absolute Gasteiger partial charge is 0.462 e. The van der Waals surface area contributed by atoms with Crippen LogP contribution in [-0.2, 0) is 4.74 Å². The number of fused-ring (bicyclic) bond motifs is 1. The summed E-state index contributed by atoms with van der Waals surface area (Å²) < 4.78 is 5.13. The molecule has 116 valence electrons. The molecule has 0 atom stereocenters. The van der Waals surface area contributed by atoms with Crippen LogP contribution in [0.2, 0.25) is 5.02 Å². The average molecular weight is 327 g/mol. The van der Waals surface area contributed by atoms with Gasteiger partial charge in [-0.25, -0.2) is 4.79 Å². The normalized spacial score (nSPS) is 10.5. The molecule has 0 radical (unpaired) electrons. The number of carbonyl (C=O) groups is 1. The van der Waals surface area contributed by atoms with Gasteiger partial charge in [0.1, 0.15) is 5.56 Å². The lowest BCUT2D eigenvalue weighted by Crippen LogP contribution is -2.09. The molecule has 3 aromatic rings. The SMILES string of the molecule is CCOC(=O)c1cnc2ccc(Cl)cc2c1Nc1ccccc1. The van der Waals surface area contributed by atoms with Crippen molar-refractivity contribution in [3.8, 4) is 0 Å². The van der Waals surface area contributed by atoms with Gasteiger partial charge in [0, 0.05) is 22.3 Å². The van der Waals surface area contributed by atoms with Gasteiger partial charge < -0.3 is 10.1 Å². The van der Waals surface area contributed by atoms with E-state index in [1.807, 2.05) is 36.4 Å². The zero-order valence-corrected chi connectivity index (χ0v) is 13.3. The molecule has 0 aliphatic heterocycles. The Kier molecular flexibility index (Phi) is 4.44. The molecule has 0 aliphatic carbocycles. The minimum absolute atomic E-state index is 0.303. The van der Waals surface area contributed by atoms with Crippen molar-refractivity contribution in [1.29, 1.82) is 0 Å². The van der Waals surface area contributed by atoms with E-state index in [4.69, 9.17) is 16.3 Å². The van der Waals surface area contributed by atoms with E-state index in [2.05, 4.69) is 10.3 Å². The highest BCUT2D eigenvalue weighted by atomic mass is 35.5. The van der Waals surface area contributed by atoms with Gasteiger partial charge >= 0.3 is 5.97 Å². The third-order valence-electron chi connectivity index (χ3n) is 3.37. The first-order chi connectivity index (χ1) is 11.2. The quantitative estimate of drug-likeness (QED) is 0.699. The summed E-state index contributed by atoms with van der Waals surface area (Å²) in [7, 11) is 0. The zero-order valence-electron chi connectivity index (χ0n) is 12.5. The number of pyridine rings is 1. The lowest BCUT2D eigenvalue weighted by Gasteiger charge is -2.14. The Morgan fingerprint density at radius 1 is 1.22 bits per heavy atom. The number of anilines is 2. The molecule has 3 rings (SSSR count). The monoisotopic (exact) mass is 326 g/mol. The van der Waals surface area contributed by atoms with Gasteiger partial charge in [0.15, 0.2) is 0 Å². The molecule has 0 spiro atoms. The van der Waals surface area contributed by atoms with Crippen molar-refractivity contribution >= 4 is 39.8 Å². The molecule has 1 aromatic heterocycles. The first-order valence-electron chi connectivity index (χ1n) is 7.26. The first-order valence-corrected chi connectivity index (χ1v) is 7.64. The van der Waals surface area contributed by atoms with Crippen molar-refractivity contribution in [2.75, 3.05) is 11.9 Å². The predicted molar refractivity (Wildman–Crippen MR) is 92.4 cm³/mol. The van der Waals surface area contributed by atoms with E-state index in [1.165, 1.54) is 6.20 Å². The van der Waals surface area contributed by atoms with E-state index < -0.39 is 5.97 Å². The van der Waals surface area contributed by atoms with Gasteiger partial charge in [-0.1, -0.05) is 29.8 Å². The van der Waals surface area contributed by atoms with Crippen LogP contribution in [0.1, 0.15) is 17.3 Å². The lowest BCUT2D eigenvalue weighted by atomic mass is 10.1. The molecule has 0 fully saturated rings.